The largest absolute Gasteiger partial charge is 0.439 e. The molecule has 26 heavy (non-hydrogen) atoms. The van der Waals surface area contributed by atoms with Gasteiger partial charge in [0.1, 0.15) is 5.69 Å². The maximum absolute atomic E-state index is 12.2. The summed E-state index contributed by atoms with van der Waals surface area (Å²) in [5.74, 6) is 0.778. The van der Waals surface area contributed by atoms with Crippen molar-refractivity contribution in [3.05, 3.63) is 72.1 Å². The van der Waals surface area contributed by atoms with E-state index in [1.54, 1.807) is 42.5 Å². The zero-order valence-corrected chi connectivity index (χ0v) is 16.0. The number of aromatic nitrogens is 1. The van der Waals surface area contributed by atoms with E-state index in [2.05, 4.69) is 11.6 Å². The molecular formula is C20H18ClNO3S. The van der Waals surface area contributed by atoms with Gasteiger partial charge in [0.05, 0.1) is 10.8 Å². The maximum Gasteiger partial charge on any atom is 0.202 e. The second-order valence-corrected chi connectivity index (χ2v) is 8.45. The van der Waals surface area contributed by atoms with Gasteiger partial charge in [-0.25, -0.2) is 13.4 Å². The number of oxazole rings is 1. The van der Waals surface area contributed by atoms with Crippen molar-refractivity contribution in [2.75, 3.05) is 6.26 Å². The van der Waals surface area contributed by atoms with E-state index in [9.17, 15) is 8.42 Å². The van der Waals surface area contributed by atoms with E-state index < -0.39 is 9.84 Å². The molecule has 0 aliphatic rings. The summed E-state index contributed by atoms with van der Waals surface area (Å²) < 4.78 is 30.4. The lowest BCUT2D eigenvalue weighted by Crippen LogP contribution is -1.99. The molecular weight excluding hydrogens is 370 g/mol. The second kappa shape index (κ2) is 7.09. The lowest BCUT2D eigenvalue weighted by atomic mass is 10.1. The highest BCUT2D eigenvalue weighted by molar-refractivity contribution is 7.90. The Balaban J connectivity index is 2.29. The van der Waals surface area contributed by atoms with Crippen molar-refractivity contribution in [2.24, 2.45) is 0 Å². The van der Waals surface area contributed by atoms with Crippen molar-refractivity contribution in [3.8, 4) is 22.6 Å². The average Bonchev–Trinajstić information content (AvgIpc) is 3.06. The zero-order valence-electron chi connectivity index (χ0n) is 14.4. The SMILES string of the molecule is C=CC(C)c1nc(-c2ccc(Cl)cc2)c(-c2ccccc2S(C)(=O)=O)o1. The first-order valence-electron chi connectivity index (χ1n) is 8.00. The van der Waals surface area contributed by atoms with E-state index in [0.29, 0.717) is 27.9 Å². The topological polar surface area (TPSA) is 60.2 Å². The lowest BCUT2D eigenvalue weighted by molar-refractivity contribution is 0.494. The van der Waals surface area contributed by atoms with Crippen LogP contribution < -0.4 is 0 Å². The van der Waals surface area contributed by atoms with Crippen LogP contribution in [0.5, 0.6) is 0 Å². The van der Waals surface area contributed by atoms with Gasteiger partial charge < -0.3 is 4.42 Å². The Bertz CT molecular complexity index is 1050. The Morgan fingerprint density at radius 1 is 1.15 bits per heavy atom. The number of rotatable bonds is 5. The van der Waals surface area contributed by atoms with Crippen LogP contribution in [0, 0.1) is 0 Å². The van der Waals surface area contributed by atoms with Gasteiger partial charge in [-0.15, -0.1) is 6.58 Å². The molecule has 1 aromatic heterocycles. The molecule has 4 nitrogen and oxygen atoms in total. The van der Waals surface area contributed by atoms with Gasteiger partial charge in [-0.3, -0.25) is 0 Å². The fraction of sp³-hybridized carbons (Fsp3) is 0.150. The van der Waals surface area contributed by atoms with Crippen LogP contribution in [0.25, 0.3) is 22.6 Å². The number of hydrogen-bond acceptors (Lipinski definition) is 4. The highest BCUT2D eigenvalue weighted by Crippen LogP contribution is 2.38. The Morgan fingerprint density at radius 3 is 2.42 bits per heavy atom. The molecule has 0 aliphatic carbocycles. The highest BCUT2D eigenvalue weighted by atomic mass is 35.5. The summed E-state index contributed by atoms with van der Waals surface area (Å²) in [6.45, 7) is 5.69. The molecule has 1 heterocycles. The fourth-order valence-corrected chi connectivity index (χ4v) is 3.61. The van der Waals surface area contributed by atoms with Crippen molar-refractivity contribution in [2.45, 2.75) is 17.7 Å². The zero-order chi connectivity index (χ0) is 18.9. The molecule has 0 spiro atoms. The summed E-state index contributed by atoms with van der Waals surface area (Å²) in [5, 5.41) is 0.606. The van der Waals surface area contributed by atoms with Crippen LogP contribution >= 0.6 is 11.6 Å². The van der Waals surface area contributed by atoms with Crippen molar-refractivity contribution in [3.63, 3.8) is 0 Å². The van der Waals surface area contributed by atoms with Crippen LogP contribution in [-0.4, -0.2) is 19.7 Å². The van der Waals surface area contributed by atoms with Crippen LogP contribution in [0.1, 0.15) is 18.7 Å². The molecule has 0 saturated heterocycles. The van der Waals surface area contributed by atoms with E-state index in [1.165, 1.54) is 6.26 Å². The third-order valence-electron chi connectivity index (χ3n) is 4.04. The lowest BCUT2D eigenvalue weighted by Gasteiger charge is -2.07. The summed E-state index contributed by atoms with van der Waals surface area (Å²) in [7, 11) is -3.43. The number of allylic oxidation sites excluding steroid dienone is 1. The van der Waals surface area contributed by atoms with Gasteiger partial charge in [0.15, 0.2) is 15.6 Å². The second-order valence-electron chi connectivity index (χ2n) is 6.03. The monoisotopic (exact) mass is 387 g/mol. The number of sulfone groups is 1. The molecule has 3 aromatic rings. The predicted molar refractivity (Wildman–Crippen MR) is 104 cm³/mol. The molecule has 2 aromatic carbocycles. The number of nitrogens with zero attached hydrogens (tertiary/aromatic N) is 1. The summed E-state index contributed by atoms with van der Waals surface area (Å²) in [6.07, 6.45) is 2.90. The fourth-order valence-electron chi connectivity index (χ4n) is 2.60. The normalized spacial score (nSPS) is 12.7. The van der Waals surface area contributed by atoms with Crippen LogP contribution in [0.3, 0.4) is 0 Å². The summed E-state index contributed by atoms with van der Waals surface area (Å²) in [4.78, 5) is 4.80. The minimum atomic E-state index is -3.43. The van der Waals surface area contributed by atoms with Gasteiger partial charge in [-0.1, -0.05) is 48.9 Å². The first-order chi connectivity index (χ1) is 12.3. The number of halogens is 1. The molecule has 0 N–H and O–H groups in total. The van der Waals surface area contributed by atoms with E-state index in [4.69, 9.17) is 16.0 Å². The first kappa shape index (κ1) is 18.4. The molecule has 1 atom stereocenters. The van der Waals surface area contributed by atoms with Crippen molar-refractivity contribution in [1.29, 1.82) is 0 Å². The Kier molecular flexibility index (Phi) is 5.03. The van der Waals surface area contributed by atoms with Crippen molar-refractivity contribution >= 4 is 21.4 Å². The van der Waals surface area contributed by atoms with Gasteiger partial charge >= 0.3 is 0 Å². The Hall–Kier alpha value is -2.37. The van der Waals surface area contributed by atoms with E-state index >= 15 is 0 Å². The van der Waals surface area contributed by atoms with Crippen LogP contribution in [0.15, 0.2) is 70.5 Å². The Labute approximate surface area is 158 Å². The quantitative estimate of drug-likeness (QED) is 0.553. The third-order valence-corrected chi connectivity index (χ3v) is 5.44. The first-order valence-corrected chi connectivity index (χ1v) is 10.3. The van der Waals surface area contributed by atoms with Crippen LogP contribution in [0.4, 0.5) is 0 Å². The van der Waals surface area contributed by atoms with Crippen molar-refractivity contribution < 1.29 is 12.8 Å². The highest BCUT2D eigenvalue weighted by Gasteiger charge is 2.23. The minimum absolute atomic E-state index is 0.111. The molecule has 0 bridgehead atoms. The summed E-state index contributed by atoms with van der Waals surface area (Å²) in [6, 6.07) is 13.9. The molecule has 0 fully saturated rings. The molecule has 6 heteroatoms. The molecule has 0 aliphatic heterocycles. The van der Waals surface area contributed by atoms with Gasteiger partial charge in [0, 0.05) is 22.4 Å². The average molecular weight is 388 g/mol. The van der Waals surface area contributed by atoms with Gasteiger partial charge in [-0.2, -0.15) is 0 Å². The Morgan fingerprint density at radius 2 is 1.81 bits per heavy atom. The molecule has 0 saturated carbocycles. The van der Waals surface area contributed by atoms with E-state index in [-0.39, 0.29) is 10.8 Å². The molecule has 0 radical (unpaired) electrons. The number of benzene rings is 2. The molecule has 1 unspecified atom stereocenters. The van der Waals surface area contributed by atoms with Gasteiger partial charge in [0.25, 0.3) is 0 Å². The maximum atomic E-state index is 12.2. The standard InChI is InChI=1S/C20H18ClNO3S/c1-4-13(2)20-22-18(14-9-11-15(21)12-10-14)19(25-20)16-7-5-6-8-17(16)26(3,23)24/h4-13H,1H2,2-3H3. The predicted octanol–water partition coefficient (Wildman–Crippen LogP) is 5.36. The van der Waals surface area contributed by atoms with Crippen molar-refractivity contribution in [1.82, 2.24) is 4.98 Å². The number of hydrogen-bond donors (Lipinski definition) is 0. The smallest absolute Gasteiger partial charge is 0.202 e. The molecule has 0 amide bonds. The van der Waals surface area contributed by atoms with E-state index in [0.717, 1.165) is 5.56 Å². The molecule has 134 valence electrons. The molecule has 3 rings (SSSR count). The minimum Gasteiger partial charge on any atom is -0.439 e. The van der Waals surface area contributed by atoms with E-state index in [1.807, 2.05) is 19.1 Å². The van der Waals surface area contributed by atoms with Gasteiger partial charge in [-0.05, 0) is 24.3 Å². The van der Waals surface area contributed by atoms with Crippen LogP contribution in [-0.2, 0) is 9.84 Å². The van der Waals surface area contributed by atoms with Gasteiger partial charge in [0.2, 0.25) is 5.89 Å². The summed E-state index contributed by atoms with van der Waals surface area (Å²) in [5.41, 5.74) is 1.84. The third kappa shape index (κ3) is 3.59. The summed E-state index contributed by atoms with van der Waals surface area (Å²) >= 11 is 5.98. The van der Waals surface area contributed by atoms with Crippen LogP contribution in [0.2, 0.25) is 5.02 Å².